The first-order chi connectivity index (χ1) is 13.3. The van der Waals surface area contributed by atoms with E-state index in [1.165, 1.54) is 27.9 Å². The minimum Gasteiger partial charge on any atom is -0.339 e. The van der Waals surface area contributed by atoms with Crippen LogP contribution >= 0.6 is 11.6 Å². The molecule has 2 aromatic rings. The zero-order valence-corrected chi connectivity index (χ0v) is 16.9. The monoisotopic (exact) mass is 407 g/mol. The standard InChI is InChI=1S/C19H23ClFN5O2/c1-12(2)9-24-6-7-26(13(3)18(24)27)19(28)17-11-25(23-22-17)10-14-4-5-15(21)8-16(14)20/h4-5,8,11-13H,6-7,9-10H2,1-3H3/t13-/m0/s1. The quantitative estimate of drug-likeness (QED) is 0.763. The third-order valence-corrected chi connectivity index (χ3v) is 5.05. The van der Waals surface area contributed by atoms with E-state index in [1.54, 1.807) is 17.9 Å². The van der Waals surface area contributed by atoms with E-state index in [1.807, 2.05) is 0 Å². The third-order valence-electron chi connectivity index (χ3n) is 4.70. The smallest absolute Gasteiger partial charge is 0.276 e. The fourth-order valence-electron chi connectivity index (χ4n) is 3.27. The van der Waals surface area contributed by atoms with E-state index in [4.69, 9.17) is 11.6 Å². The molecule has 0 spiro atoms. The Hall–Kier alpha value is -2.48. The number of amides is 2. The van der Waals surface area contributed by atoms with Crippen molar-refractivity contribution in [3.63, 3.8) is 0 Å². The number of nitrogens with zero attached hydrogens (tertiary/aromatic N) is 5. The Balaban J connectivity index is 1.69. The van der Waals surface area contributed by atoms with Crippen LogP contribution in [0.15, 0.2) is 24.4 Å². The summed E-state index contributed by atoms with van der Waals surface area (Å²) in [6.07, 6.45) is 1.51. The van der Waals surface area contributed by atoms with Gasteiger partial charge in [0.05, 0.1) is 12.7 Å². The van der Waals surface area contributed by atoms with E-state index in [-0.39, 0.29) is 29.1 Å². The summed E-state index contributed by atoms with van der Waals surface area (Å²) in [5.41, 5.74) is 0.827. The van der Waals surface area contributed by atoms with Crippen LogP contribution in [-0.4, -0.2) is 62.3 Å². The van der Waals surface area contributed by atoms with Gasteiger partial charge in [-0.3, -0.25) is 9.59 Å². The van der Waals surface area contributed by atoms with Crippen molar-refractivity contribution in [2.24, 2.45) is 5.92 Å². The highest BCUT2D eigenvalue weighted by molar-refractivity contribution is 6.31. The summed E-state index contributed by atoms with van der Waals surface area (Å²) < 4.78 is 14.6. The average Bonchev–Trinajstić information content (AvgIpc) is 3.09. The molecule has 1 aromatic heterocycles. The minimum absolute atomic E-state index is 0.0567. The van der Waals surface area contributed by atoms with Crippen LogP contribution in [0.4, 0.5) is 4.39 Å². The number of halogens is 2. The molecular weight excluding hydrogens is 385 g/mol. The van der Waals surface area contributed by atoms with Gasteiger partial charge in [0.2, 0.25) is 5.91 Å². The SMILES string of the molecule is CC(C)CN1CCN(C(=O)c2cn(Cc3ccc(F)cc3Cl)nn2)[C@@H](C)C1=O. The lowest BCUT2D eigenvalue weighted by Gasteiger charge is -2.39. The Labute approximate surface area is 168 Å². The summed E-state index contributed by atoms with van der Waals surface area (Å²) in [6, 6.07) is 3.56. The van der Waals surface area contributed by atoms with E-state index in [9.17, 15) is 14.0 Å². The lowest BCUT2D eigenvalue weighted by molar-refractivity contribution is -0.140. The van der Waals surface area contributed by atoms with Crippen molar-refractivity contribution in [3.05, 3.63) is 46.5 Å². The van der Waals surface area contributed by atoms with Gasteiger partial charge >= 0.3 is 0 Å². The normalized spacial score (nSPS) is 17.5. The Bertz CT molecular complexity index is 885. The predicted molar refractivity (Wildman–Crippen MR) is 102 cm³/mol. The summed E-state index contributed by atoms with van der Waals surface area (Å²) in [5.74, 6) is -0.435. The fourth-order valence-corrected chi connectivity index (χ4v) is 3.50. The maximum Gasteiger partial charge on any atom is 0.276 e. The second-order valence-electron chi connectivity index (χ2n) is 7.39. The van der Waals surface area contributed by atoms with E-state index in [2.05, 4.69) is 24.2 Å². The molecule has 2 amide bonds. The molecule has 0 radical (unpaired) electrons. The van der Waals surface area contributed by atoms with Gasteiger partial charge in [-0.1, -0.05) is 36.7 Å². The molecule has 0 bridgehead atoms. The van der Waals surface area contributed by atoms with Gasteiger partial charge in [0.1, 0.15) is 11.9 Å². The number of carbonyl (C=O) groups excluding carboxylic acids is 2. The van der Waals surface area contributed by atoms with Gasteiger partial charge in [0.25, 0.3) is 5.91 Å². The number of benzene rings is 1. The maximum absolute atomic E-state index is 13.2. The van der Waals surface area contributed by atoms with Crippen molar-refractivity contribution < 1.29 is 14.0 Å². The lowest BCUT2D eigenvalue weighted by Crippen LogP contribution is -2.58. The summed E-state index contributed by atoms with van der Waals surface area (Å²) in [4.78, 5) is 28.7. The van der Waals surface area contributed by atoms with Crippen molar-refractivity contribution in [1.82, 2.24) is 24.8 Å². The van der Waals surface area contributed by atoms with Crippen LogP contribution in [0.5, 0.6) is 0 Å². The van der Waals surface area contributed by atoms with Crippen LogP contribution in [0, 0.1) is 11.7 Å². The topological polar surface area (TPSA) is 71.3 Å². The second-order valence-corrected chi connectivity index (χ2v) is 7.80. The van der Waals surface area contributed by atoms with E-state index < -0.39 is 11.9 Å². The zero-order valence-electron chi connectivity index (χ0n) is 16.1. The molecule has 0 N–H and O–H groups in total. The number of piperazine rings is 1. The number of hydrogen-bond donors (Lipinski definition) is 0. The molecule has 1 saturated heterocycles. The van der Waals surface area contributed by atoms with Gasteiger partial charge in [-0.05, 0) is 30.5 Å². The highest BCUT2D eigenvalue weighted by Gasteiger charge is 2.35. The Morgan fingerprint density at radius 1 is 1.36 bits per heavy atom. The number of aromatic nitrogens is 3. The molecule has 2 heterocycles. The Kier molecular flexibility index (Phi) is 5.98. The van der Waals surface area contributed by atoms with Crippen LogP contribution in [0.25, 0.3) is 0 Å². The average molecular weight is 408 g/mol. The molecule has 1 fully saturated rings. The van der Waals surface area contributed by atoms with Crippen LogP contribution in [-0.2, 0) is 11.3 Å². The molecule has 7 nitrogen and oxygen atoms in total. The zero-order chi connectivity index (χ0) is 20.4. The van der Waals surface area contributed by atoms with Gasteiger partial charge in [-0.15, -0.1) is 5.10 Å². The molecule has 1 aliphatic heterocycles. The number of hydrogen-bond acceptors (Lipinski definition) is 4. The molecule has 1 aromatic carbocycles. The maximum atomic E-state index is 13.2. The first-order valence-corrected chi connectivity index (χ1v) is 9.58. The number of carbonyl (C=O) groups is 2. The molecule has 1 atom stereocenters. The first-order valence-electron chi connectivity index (χ1n) is 9.20. The Morgan fingerprint density at radius 2 is 2.11 bits per heavy atom. The van der Waals surface area contributed by atoms with Crippen LogP contribution in [0.3, 0.4) is 0 Å². The minimum atomic E-state index is -0.545. The molecule has 3 rings (SSSR count). The molecule has 28 heavy (non-hydrogen) atoms. The summed E-state index contributed by atoms with van der Waals surface area (Å²) in [7, 11) is 0. The Morgan fingerprint density at radius 3 is 2.79 bits per heavy atom. The molecule has 150 valence electrons. The van der Waals surface area contributed by atoms with Crippen molar-refractivity contribution >= 4 is 23.4 Å². The fraction of sp³-hybridized carbons (Fsp3) is 0.474. The molecule has 0 unspecified atom stereocenters. The van der Waals surface area contributed by atoms with Crippen LogP contribution < -0.4 is 0 Å². The van der Waals surface area contributed by atoms with Gasteiger partial charge in [0.15, 0.2) is 5.69 Å². The van der Waals surface area contributed by atoms with Crippen LogP contribution in [0.1, 0.15) is 36.8 Å². The highest BCUT2D eigenvalue weighted by atomic mass is 35.5. The van der Waals surface area contributed by atoms with Crippen molar-refractivity contribution in [1.29, 1.82) is 0 Å². The van der Waals surface area contributed by atoms with Crippen molar-refractivity contribution in [2.75, 3.05) is 19.6 Å². The predicted octanol–water partition coefficient (Wildman–Crippen LogP) is 2.45. The summed E-state index contributed by atoms with van der Waals surface area (Å²) in [5, 5.41) is 8.18. The summed E-state index contributed by atoms with van der Waals surface area (Å²) >= 11 is 6.04. The lowest BCUT2D eigenvalue weighted by atomic mass is 10.1. The molecular formula is C19H23ClFN5O2. The summed E-state index contributed by atoms with van der Waals surface area (Å²) in [6.45, 7) is 7.75. The van der Waals surface area contributed by atoms with E-state index >= 15 is 0 Å². The van der Waals surface area contributed by atoms with E-state index in [0.717, 1.165) is 0 Å². The second kappa shape index (κ2) is 8.26. The van der Waals surface area contributed by atoms with Gasteiger partial charge in [-0.2, -0.15) is 0 Å². The van der Waals surface area contributed by atoms with Crippen molar-refractivity contribution in [3.8, 4) is 0 Å². The van der Waals surface area contributed by atoms with Gasteiger partial charge in [-0.25, -0.2) is 9.07 Å². The van der Waals surface area contributed by atoms with Gasteiger partial charge in [0, 0.05) is 24.7 Å². The molecule has 1 aliphatic rings. The highest BCUT2D eigenvalue weighted by Crippen LogP contribution is 2.19. The molecule has 0 aliphatic carbocycles. The largest absolute Gasteiger partial charge is 0.339 e. The molecule has 0 saturated carbocycles. The van der Waals surface area contributed by atoms with Gasteiger partial charge < -0.3 is 9.80 Å². The third kappa shape index (κ3) is 4.32. The van der Waals surface area contributed by atoms with Crippen molar-refractivity contribution in [2.45, 2.75) is 33.4 Å². The van der Waals surface area contributed by atoms with E-state index in [0.29, 0.717) is 31.1 Å². The molecule has 9 heteroatoms. The first kappa shape index (κ1) is 20.3. The van der Waals surface area contributed by atoms with Crippen LogP contribution in [0.2, 0.25) is 5.02 Å². The number of rotatable bonds is 5.